The number of nitro groups is 1. The lowest BCUT2D eigenvalue weighted by atomic mass is 10.1. The first kappa shape index (κ1) is 13.9. The van der Waals surface area contributed by atoms with Gasteiger partial charge in [-0.3, -0.25) is 14.9 Å². The van der Waals surface area contributed by atoms with Crippen LogP contribution in [-0.2, 0) is 0 Å². The molecule has 1 rings (SSSR count). The van der Waals surface area contributed by atoms with Gasteiger partial charge in [0.15, 0.2) is 0 Å². The normalized spacial score (nSPS) is 10.6. The molecule has 18 heavy (non-hydrogen) atoms. The van der Waals surface area contributed by atoms with Crippen LogP contribution in [0.2, 0.25) is 0 Å². The molecule has 5 heteroatoms. The summed E-state index contributed by atoms with van der Waals surface area (Å²) in [6, 6.07) is 4.48. The highest BCUT2D eigenvalue weighted by Crippen LogP contribution is 2.19. The smallest absolute Gasteiger partial charge is 0.273 e. The van der Waals surface area contributed by atoms with E-state index in [0.717, 1.165) is 6.42 Å². The average Bonchev–Trinajstić information content (AvgIpc) is 2.34. The molecular formula is C13H16N2O3. The molecule has 1 N–H and O–H groups in total. The van der Waals surface area contributed by atoms with Gasteiger partial charge in [0.1, 0.15) is 0 Å². The summed E-state index contributed by atoms with van der Waals surface area (Å²) in [6.07, 6.45) is 4.59. The summed E-state index contributed by atoms with van der Waals surface area (Å²) in [5.74, 6) is -0.289. The highest BCUT2D eigenvalue weighted by Gasteiger charge is 2.14. The van der Waals surface area contributed by atoms with Crippen molar-refractivity contribution in [2.75, 3.05) is 6.54 Å². The number of nitro benzene ring substituents is 1. The number of carbonyl (C=O) groups is 1. The van der Waals surface area contributed by atoms with Crippen molar-refractivity contribution < 1.29 is 9.72 Å². The van der Waals surface area contributed by atoms with Crippen molar-refractivity contribution in [2.24, 2.45) is 0 Å². The van der Waals surface area contributed by atoms with E-state index in [1.165, 1.54) is 6.07 Å². The molecule has 0 heterocycles. The zero-order chi connectivity index (χ0) is 13.5. The zero-order valence-electron chi connectivity index (χ0n) is 10.5. The summed E-state index contributed by atoms with van der Waals surface area (Å²) >= 11 is 0. The highest BCUT2D eigenvalue weighted by atomic mass is 16.6. The van der Waals surface area contributed by atoms with Gasteiger partial charge in [0.25, 0.3) is 11.6 Å². The summed E-state index contributed by atoms with van der Waals surface area (Å²) in [5.41, 5.74) is 0.828. The minimum atomic E-state index is -0.480. The molecule has 0 fully saturated rings. The predicted molar refractivity (Wildman–Crippen MR) is 69.6 cm³/mol. The Balaban J connectivity index is 2.74. The molecule has 0 saturated carbocycles. The predicted octanol–water partition coefficient (Wildman–Crippen LogP) is 2.60. The molecule has 0 aromatic heterocycles. The molecule has 1 amide bonds. The first-order chi connectivity index (χ1) is 8.56. The molecular weight excluding hydrogens is 232 g/mol. The molecule has 0 unspecified atom stereocenters. The van der Waals surface area contributed by atoms with Crippen LogP contribution in [0, 0.1) is 17.0 Å². The first-order valence-corrected chi connectivity index (χ1v) is 5.70. The Labute approximate surface area is 106 Å². The third kappa shape index (κ3) is 3.69. The van der Waals surface area contributed by atoms with Crippen LogP contribution in [0.3, 0.4) is 0 Å². The second-order valence-corrected chi connectivity index (χ2v) is 3.87. The van der Waals surface area contributed by atoms with Crippen molar-refractivity contribution in [2.45, 2.75) is 20.3 Å². The Hall–Kier alpha value is -2.17. The van der Waals surface area contributed by atoms with E-state index in [4.69, 9.17) is 0 Å². The third-order valence-corrected chi connectivity index (χ3v) is 2.50. The Morgan fingerprint density at radius 2 is 2.22 bits per heavy atom. The minimum Gasteiger partial charge on any atom is -0.352 e. The molecule has 0 aliphatic carbocycles. The maximum Gasteiger partial charge on any atom is 0.273 e. The first-order valence-electron chi connectivity index (χ1n) is 5.70. The topological polar surface area (TPSA) is 72.2 Å². The largest absolute Gasteiger partial charge is 0.352 e. The molecule has 0 bridgehead atoms. The summed E-state index contributed by atoms with van der Waals surface area (Å²) in [6.45, 7) is 4.07. The van der Waals surface area contributed by atoms with Crippen molar-refractivity contribution in [1.29, 1.82) is 0 Å². The number of hydrogen-bond acceptors (Lipinski definition) is 3. The number of benzene rings is 1. The van der Waals surface area contributed by atoms with Gasteiger partial charge in [-0.15, -0.1) is 0 Å². The van der Waals surface area contributed by atoms with Gasteiger partial charge < -0.3 is 5.32 Å². The van der Waals surface area contributed by atoms with Gasteiger partial charge in [0, 0.05) is 23.7 Å². The van der Waals surface area contributed by atoms with E-state index in [2.05, 4.69) is 5.32 Å². The second kappa shape index (κ2) is 6.54. The summed E-state index contributed by atoms with van der Waals surface area (Å²) in [7, 11) is 0. The van der Waals surface area contributed by atoms with Crippen LogP contribution < -0.4 is 5.32 Å². The number of rotatable bonds is 5. The van der Waals surface area contributed by atoms with Gasteiger partial charge >= 0.3 is 0 Å². The molecule has 1 aromatic carbocycles. The van der Waals surface area contributed by atoms with Crippen LogP contribution in [-0.4, -0.2) is 17.4 Å². The Morgan fingerprint density at radius 1 is 1.50 bits per heavy atom. The zero-order valence-corrected chi connectivity index (χ0v) is 10.5. The van der Waals surface area contributed by atoms with Crippen LogP contribution in [0.1, 0.15) is 29.3 Å². The second-order valence-electron chi connectivity index (χ2n) is 3.87. The van der Waals surface area contributed by atoms with E-state index in [-0.39, 0.29) is 11.6 Å². The average molecular weight is 248 g/mol. The van der Waals surface area contributed by atoms with Crippen molar-refractivity contribution in [1.82, 2.24) is 5.32 Å². The lowest BCUT2D eigenvalue weighted by molar-refractivity contribution is -0.385. The molecule has 96 valence electrons. The fourth-order valence-electron chi connectivity index (χ4n) is 1.49. The highest BCUT2D eigenvalue weighted by molar-refractivity contribution is 5.94. The molecule has 1 aromatic rings. The summed E-state index contributed by atoms with van der Waals surface area (Å²) < 4.78 is 0. The number of nitrogens with zero attached hydrogens (tertiary/aromatic N) is 1. The summed E-state index contributed by atoms with van der Waals surface area (Å²) in [4.78, 5) is 22.0. The third-order valence-electron chi connectivity index (χ3n) is 2.50. The van der Waals surface area contributed by atoms with Crippen LogP contribution in [0.4, 0.5) is 5.69 Å². The lowest BCUT2D eigenvalue weighted by Gasteiger charge is -2.04. The van der Waals surface area contributed by atoms with E-state index in [1.807, 2.05) is 19.1 Å². The number of nitrogens with one attached hydrogen (secondary N) is 1. The molecule has 5 nitrogen and oxygen atoms in total. The van der Waals surface area contributed by atoms with Crippen LogP contribution in [0.15, 0.2) is 30.4 Å². The molecule has 0 aliphatic heterocycles. The van der Waals surface area contributed by atoms with Crippen LogP contribution in [0.25, 0.3) is 0 Å². The number of amides is 1. The van der Waals surface area contributed by atoms with Gasteiger partial charge in [-0.1, -0.05) is 18.2 Å². The maximum absolute atomic E-state index is 11.7. The van der Waals surface area contributed by atoms with Gasteiger partial charge in [-0.05, 0) is 26.3 Å². The van der Waals surface area contributed by atoms with E-state index < -0.39 is 4.92 Å². The lowest BCUT2D eigenvalue weighted by Crippen LogP contribution is -2.24. The number of allylic oxidation sites excluding steroid dienone is 1. The van der Waals surface area contributed by atoms with E-state index in [1.54, 1.807) is 19.1 Å². The Kier molecular flexibility index (Phi) is 5.05. The van der Waals surface area contributed by atoms with Crippen molar-refractivity contribution in [3.8, 4) is 0 Å². The quantitative estimate of drug-likeness (QED) is 0.377. The molecule has 0 spiro atoms. The van der Waals surface area contributed by atoms with E-state index >= 15 is 0 Å². The fraction of sp³-hybridized carbons (Fsp3) is 0.308. The Morgan fingerprint density at radius 3 is 2.83 bits per heavy atom. The standard InChI is InChI=1S/C13H16N2O3/c1-3-4-5-8-14-13(16)11-7-6-10(2)12(9-11)15(17)18/h3-4,6-7,9H,5,8H2,1-2H3,(H,14,16)/b4-3+. The summed E-state index contributed by atoms with van der Waals surface area (Å²) in [5, 5.41) is 13.5. The molecule has 0 saturated heterocycles. The van der Waals surface area contributed by atoms with Crippen LogP contribution >= 0.6 is 0 Å². The fourth-order valence-corrected chi connectivity index (χ4v) is 1.49. The number of carbonyl (C=O) groups excluding carboxylic acids is 1. The van der Waals surface area contributed by atoms with Crippen LogP contribution in [0.5, 0.6) is 0 Å². The van der Waals surface area contributed by atoms with Gasteiger partial charge in [0.05, 0.1) is 4.92 Å². The minimum absolute atomic E-state index is 0.0314. The maximum atomic E-state index is 11.7. The van der Waals surface area contributed by atoms with E-state index in [9.17, 15) is 14.9 Å². The number of hydrogen-bond donors (Lipinski definition) is 1. The van der Waals surface area contributed by atoms with Crippen molar-refractivity contribution in [3.05, 3.63) is 51.6 Å². The monoisotopic (exact) mass is 248 g/mol. The Bertz CT molecular complexity index is 481. The molecule has 0 radical (unpaired) electrons. The SMILES string of the molecule is C/C=C/CCNC(=O)c1ccc(C)c([N+](=O)[O-])c1. The molecule has 0 atom stereocenters. The van der Waals surface area contributed by atoms with Crippen molar-refractivity contribution >= 4 is 11.6 Å². The van der Waals surface area contributed by atoms with Gasteiger partial charge in [0.2, 0.25) is 0 Å². The van der Waals surface area contributed by atoms with E-state index in [0.29, 0.717) is 17.7 Å². The molecule has 0 aliphatic rings. The van der Waals surface area contributed by atoms with Gasteiger partial charge in [-0.2, -0.15) is 0 Å². The van der Waals surface area contributed by atoms with Crippen molar-refractivity contribution in [3.63, 3.8) is 0 Å². The number of aryl methyl sites for hydroxylation is 1. The van der Waals surface area contributed by atoms with Gasteiger partial charge in [-0.25, -0.2) is 0 Å².